The number of carbonyl (C=O) groups excluding carboxylic acids is 1. The number of hydrazine groups is 1. The van der Waals surface area contributed by atoms with Crippen LogP contribution in [0.15, 0.2) is 24.3 Å². The number of nitrogens with two attached hydrogens (primary N) is 1. The second kappa shape index (κ2) is 3.49. The van der Waals surface area contributed by atoms with Gasteiger partial charge < -0.3 is 5.32 Å². The van der Waals surface area contributed by atoms with E-state index in [1.54, 1.807) is 6.07 Å². The largest absolute Gasteiger partial charge is 0.361 e. The first-order chi connectivity index (χ1) is 7.47. The fourth-order valence-corrected chi connectivity index (χ4v) is 1.87. The Labute approximate surface area is 95.4 Å². The summed E-state index contributed by atoms with van der Waals surface area (Å²) in [4.78, 5) is 12.1. The zero-order chi connectivity index (χ0) is 11.9. The maximum Gasteiger partial charge on any atom is 0.272 e. The summed E-state index contributed by atoms with van der Waals surface area (Å²) in [5.41, 5.74) is 0.944. The van der Waals surface area contributed by atoms with E-state index in [1.807, 2.05) is 39.0 Å². The van der Waals surface area contributed by atoms with Crippen molar-refractivity contribution in [1.29, 1.82) is 0 Å². The van der Waals surface area contributed by atoms with Crippen molar-refractivity contribution in [3.8, 4) is 0 Å². The molecule has 1 unspecified atom stereocenters. The highest BCUT2D eigenvalue weighted by Crippen LogP contribution is 2.33. The van der Waals surface area contributed by atoms with Crippen molar-refractivity contribution >= 4 is 11.6 Å². The molecular weight excluding hydrogens is 202 g/mol. The molecule has 0 spiro atoms. The van der Waals surface area contributed by atoms with Crippen LogP contribution in [0.25, 0.3) is 0 Å². The van der Waals surface area contributed by atoms with E-state index in [1.165, 1.54) is 5.01 Å². The summed E-state index contributed by atoms with van der Waals surface area (Å²) < 4.78 is 0. The molecule has 1 atom stereocenters. The summed E-state index contributed by atoms with van der Waals surface area (Å²) in [5, 5.41) is 4.62. The minimum absolute atomic E-state index is 0.134. The average molecular weight is 219 g/mol. The monoisotopic (exact) mass is 219 g/mol. The van der Waals surface area contributed by atoms with E-state index in [2.05, 4.69) is 5.32 Å². The van der Waals surface area contributed by atoms with Crippen LogP contribution in [0.5, 0.6) is 0 Å². The number of nitrogens with one attached hydrogen (secondary N) is 1. The highest BCUT2D eigenvalue weighted by Gasteiger charge is 2.41. The van der Waals surface area contributed by atoms with E-state index >= 15 is 0 Å². The summed E-state index contributed by atoms with van der Waals surface area (Å²) in [7, 11) is 0. The molecule has 0 bridgehead atoms. The van der Waals surface area contributed by atoms with Gasteiger partial charge in [0.25, 0.3) is 5.91 Å². The van der Waals surface area contributed by atoms with Crippen molar-refractivity contribution in [1.82, 2.24) is 5.01 Å². The third kappa shape index (κ3) is 1.38. The van der Waals surface area contributed by atoms with Crippen LogP contribution in [-0.2, 0) is 0 Å². The molecule has 0 radical (unpaired) electrons. The molecule has 1 amide bonds. The predicted octanol–water partition coefficient (Wildman–Crippen LogP) is 1.80. The maximum atomic E-state index is 12.1. The topological polar surface area (TPSA) is 58.4 Å². The minimum Gasteiger partial charge on any atom is -0.361 e. The molecule has 1 aliphatic heterocycles. The highest BCUT2D eigenvalue weighted by molar-refractivity contribution is 6.01. The Balaban J connectivity index is 2.51. The zero-order valence-electron chi connectivity index (χ0n) is 9.82. The third-order valence-electron chi connectivity index (χ3n) is 3.39. The van der Waals surface area contributed by atoms with Gasteiger partial charge in [-0.3, -0.25) is 9.80 Å². The van der Waals surface area contributed by atoms with Crippen molar-refractivity contribution in [2.45, 2.75) is 26.4 Å². The lowest BCUT2D eigenvalue weighted by molar-refractivity contribution is 0.0428. The highest BCUT2D eigenvalue weighted by atomic mass is 16.2. The number of anilines is 1. The summed E-state index contributed by atoms with van der Waals surface area (Å²) >= 11 is 0. The number of amides is 1. The van der Waals surface area contributed by atoms with Crippen LogP contribution >= 0.6 is 0 Å². The number of hydrogen-bond donors (Lipinski definition) is 2. The van der Waals surface area contributed by atoms with Crippen LogP contribution in [0.2, 0.25) is 0 Å². The summed E-state index contributed by atoms with van der Waals surface area (Å²) in [6.45, 7) is 6.01. The van der Waals surface area contributed by atoms with Crippen LogP contribution in [0.3, 0.4) is 0 Å². The molecule has 3 N–H and O–H groups in total. The third-order valence-corrected chi connectivity index (χ3v) is 3.39. The van der Waals surface area contributed by atoms with Gasteiger partial charge in [0.2, 0.25) is 0 Å². The molecular formula is C12H17N3O. The van der Waals surface area contributed by atoms with Gasteiger partial charge in [-0.05, 0) is 25.0 Å². The minimum atomic E-state index is -0.536. The molecule has 1 aromatic rings. The molecule has 4 nitrogen and oxygen atoms in total. The molecule has 2 rings (SSSR count). The quantitative estimate of drug-likeness (QED) is 0.559. The molecule has 86 valence electrons. The number of hydrogen-bond acceptors (Lipinski definition) is 3. The van der Waals surface area contributed by atoms with Gasteiger partial charge in [0, 0.05) is 5.69 Å². The van der Waals surface area contributed by atoms with Crippen molar-refractivity contribution in [3.63, 3.8) is 0 Å². The Kier molecular flexibility index (Phi) is 2.39. The van der Waals surface area contributed by atoms with Gasteiger partial charge in [-0.25, -0.2) is 5.84 Å². The smallest absolute Gasteiger partial charge is 0.272 e. The van der Waals surface area contributed by atoms with Gasteiger partial charge in [0.15, 0.2) is 0 Å². The van der Waals surface area contributed by atoms with Gasteiger partial charge in [-0.15, -0.1) is 0 Å². The molecule has 16 heavy (non-hydrogen) atoms. The number of rotatable bonds is 1. The zero-order valence-corrected chi connectivity index (χ0v) is 9.82. The van der Waals surface area contributed by atoms with Gasteiger partial charge in [-0.2, -0.15) is 0 Å². The predicted molar refractivity (Wildman–Crippen MR) is 63.7 cm³/mol. The van der Waals surface area contributed by atoms with Crippen molar-refractivity contribution in [2.24, 2.45) is 11.8 Å². The second-order valence-electron chi connectivity index (χ2n) is 4.65. The summed E-state index contributed by atoms with van der Waals surface area (Å²) in [5.74, 6) is 5.98. The van der Waals surface area contributed by atoms with E-state index in [-0.39, 0.29) is 11.8 Å². The number of benzene rings is 1. The van der Waals surface area contributed by atoms with Gasteiger partial charge >= 0.3 is 0 Å². The molecule has 0 aliphatic carbocycles. The maximum absolute atomic E-state index is 12.1. The fraction of sp³-hybridized carbons (Fsp3) is 0.417. The summed E-state index contributed by atoms with van der Waals surface area (Å²) in [6, 6.07) is 7.43. The van der Waals surface area contributed by atoms with Gasteiger partial charge in [0.05, 0.1) is 5.56 Å². The van der Waals surface area contributed by atoms with Crippen LogP contribution in [-0.4, -0.2) is 16.6 Å². The second-order valence-corrected chi connectivity index (χ2v) is 4.65. The Morgan fingerprint density at radius 1 is 1.38 bits per heavy atom. The molecule has 4 heteroatoms. The number of para-hydroxylation sites is 1. The lowest BCUT2D eigenvalue weighted by Gasteiger charge is -2.46. The van der Waals surface area contributed by atoms with E-state index in [4.69, 9.17) is 5.84 Å². The van der Waals surface area contributed by atoms with E-state index in [9.17, 15) is 4.79 Å². The molecule has 1 aromatic carbocycles. The van der Waals surface area contributed by atoms with Crippen LogP contribution in [0.1, 0.15) is 31.1 Å². The van der Waals surface area contributed by atoms with Gasteiger partial charge in [-0.1, -0.05) is 26.0 Å². The van der Waals surface area contributed by atoms with Crippen molar-refractivity contribution in [3.05, 3.63) is 29.8 Å². The first-order valence-electron chi connectivity index (χ1n) is 5.43. The lowest BCUT2D eigenvalue weighted by atomic mass is 9.92. The van der Waals surface area contributed by atoms with Gasteiger partial charge in [0.1, 0.15) is 5.66 Å². The first-order valence-corrected chi connectivity index (χ1v) is 5.43. The van der Waals surface area contributed by atoms with E-state index in [0.717, 1.165) is 5.69 Å². The number of carbonyl (C=O) groups is 1. The summed E-state index contributed by atoms with van der Waals surface area (Å²) in [6.07, 6.45) is 0. The van der Waals surface area contributed by atoms with Crippen LogP contribution in [0.4, 0.5) is 5.69 Å². The number of fused-ring (bicyclic) bond motifs is 1. The lowest BCUT2D eigenvalue weighted by Crippen LogP contribution is -2.64. The molecule has 0 saturated carbocycles. The van der Waals surface area contributed by atoms with Crippen molar-refractivity contribution in [2.75, 3.05) is 5.32 Å². The molecule has 0 aromatic heterocycles. The number of nitrogens with zero attached hydrogens (tertiary/aromatic N) is 1. The van der Waals surface area contributed by atoms with Crippen LogP contribution < -0.4 is 11.2 Å². The fourth-order valence-electron chi connectivity index (χ4n) is 1.87. The molecule has 1 heterocycles. The molecule has 0 saturated heterocycles. The Hall–Kier alpha value is -1.55. The van der Waals surface area contributed by atoms with Crippen molar-refractivity contribution < 1.29 is 4.79 Å². The van der Waals surface area contributed by atoms with Crippen LogP contribution in [0, 0.1) is 5.92 Å². The average Bonchev–Trinajstić information content (AvgIpc) is 2.26. The standard InChI is InChI=1S/C12H17N3O/c1-8(2)12(3)14-10-7-5-4-6-9(10)11(16)15(12)13/h4-8,14H,13H2,1-3H3. The van der Waals surface area contributed by atoms with E-state index < -0.39 is 5.66 Å². The molecule has 0 fully saturated rings. The Morgan fingerprint density at radius 3 is 2.62 bits per heavy atom. The molecule has 1 aliphatic rings. The first kappa shape index (κ1) is 11.0. The normalized spacial score (nSPS) is 24.3. The Bertz CT molecular complexity index is 430. The SMILES string of the molecule is CC(C)C1(C)Nc2ccccc2C(=O)N1N. The Morgan fingerprint density at radius 2 is 2.00 bits per heavy atom. The van der Waals surface area contributed by atoms with E-state index in [0.29, 0.717) is 5.56 Å².